The molecule has 7 nitrogen and oxygen atoms in total. The minimum atomic E-state index is -0.813. The van der Waals surface area contributed by atoms with Crippen molar-refractivity contribution < 1.29 is 18.7 Å². The zero-order valence-corrected chi connectivity index (χ0v) is 19.6. The van der Waals surface area contributed by atoms with Gasteiger partial charge < -0.3 is 20.3 Å². The van der Waals surface area contributed by atoms with Gasteiger partial charge >= 0.3 is 0 Å². The van der Waals surface area contributed by atoms with Gasteiger partial charge in [-0.05, 0) is 54.3 Å². The highest BCUT2D eigenvalue weighted by molar-refractivity contribution is 5.82. The number of anilines is 1. The molecule has 0 saturated carbocycles. The first-order valence-electron chi connectivity index (χ1n) is 11.5. The first-order valence-corrected chi connectivity index (χ1v) is 11.5. The first kappa shape index (κ1) is 25.2. The number of ether oxygens (including phenoxy) is 1. The second-order valence-electron chi connectivity index (χ2n) is 8.55. The molecule has 1 saturated heterocycles. The summed E-state index contributed by atoms with van der Waals surface area (Å²) in [6.45, 7) is 1.49. The fourth-order valence-corrected chi connectivity index (χ4v) is 4.15. The van der Waals surface area contributed by atoms with Crippen LogP contribution >= 0.6 is 0 Å². The second-order valence-corrected chi connectivity index (χ2v) is 8.55. The Morgan fingerprint density at radius 3 is 2.76 bits per heavy atom. The van der Waals surface area contributed by atoms with E-state index >= 15 is 0 Å². The highest BCUT2D eigenvalue weighted by atomic mass is 19.1. The number of benzene rings is 2. The third-order valence-electron chi connectivity index (χ3n) is 6.17. The number of rotatable bonds is 8. The molecule has 2 aromatic carbocycles. The second kappa shape index (κ2) is 12.1. The van der Waals surface area contributed by atoms with E-state index in [9.17, 15) is 19.2 Å². The van der Waals surface area contributed by atoms with Gasteiger partial charge in [0.2, 0.25) is 12.3 Å². The monoisotopic (exact) mass is 466 g/mol. The smallest absolute Gasteiger partial charge is 0.225 e. The van der Waals surface area contributed by atoms with Crippen LogP contribution in [0.3, 0.4) is 0 Å². The number of nitriles is 1. The van der Waals surface area contributed by atoms with Gasteiger partial charge in [-0.25, -0.2) is 4.39 Å². The molecule has 0 spiro atoms. The van der Waals surface area contributed by atoms with E-state index in [2.05, 4.69) is 16.7 Å². The lowest BCUT2D eigenvalue weighted by Crippen LogP contribution is -2.43. The molecule has 0 aromatic heterocycles. The van der Waals surface area contributed by atoms with Crippen molar-refractivity contribution in [3.8, 4) is 22.9 Å². The van der Waals surface area contributed by atoms with E-state index in [0.29, 0.717) is 35.5 Å². The van der Waals surface area contributed by atoms with Crippen LogP contribution in [0, 0.1) is 23.1 Å². The van der Waals surface area contributed by atoms with Crippen LogP contribution in [0.25, 0.3) is 11.1 Å². The van der Waals surface area contributed by atoms with E-state index in [4.69, 9.17) is 4.74 Å². The minimum Gasteiger partial charge on any atom is -0.495 e. The van der Waals surface area contributed by atoms with Crippen molar-refractivity contribution in [1.82, 2.24) is 10.6 Å². The predicted octanol–water partition coefficient (Wildman–Crippen LogP) is 3.42. The minimum absolute atomic E-state index is 0.0796. The van der Waals surface area contributed by atoms with Gasteiger partial charge in [-0.2, -0.15) is 5.26 Å². The van der Waals surface area contributed by atoms with Crippen LogP contribution < -0.4 is 20.3 Å². The zero-order chi connectivity index (χ0) is 24.5. The van der Waals surface area contributed by atoms with Crippen molar-refractivity contribution in [3.05, 3.63) is 47.8 Å². The van der Waals surface area contributed by atoms with Gasteiger partial charge in [-0.3, -0.25) is 9.59 Å². The number of hydrogen-bond donors (Lipinski definition) is 2. The lowest BCUT2D eigenvalue weighted by atomic mass is 9.96. The summed E-state index contributed by atoms with van der Waals surface area (Å²) in [5.74, 6) is -0.275. The molecule has 2 atom stereocenters. The maximum absolute atomic E-state index is 15.0. The number of halogens is 1. The van der Waals surface area contributed by atoms with Gasteiger partial charge in [0.1, 0.15) is 17.6 Å². The average molecular weight is 467 g/mol. The third-order valence-corrected chi connectivity index (χ3v) is 6.17. The van der Waals surface area contributed by atoms with E-state index in [0.717, 1.165) is 37.8 Å². The van der Waals surface area contributed by atoms with Crippen LogP contribution in [0.15, 0.2) is 36.4 Å². The maximum atomic E-state index is 15.0. The molecule has 2 aromatic rings. The van der Waals surface area contributed by atoms with Crippen LogP contribution in [0.1, 0.15) is 31.2 Å². The summed E-state index contributed by atoms with van der Waals surface area (Å²) in [4.78, 5) is 25.3. The van der Waals surface area contributed by atoms with Gasteiger partial charge in [0.25, 0.3) is 0 Å². The molecule has 1 heterocycles. The van der Waals surface area contributed by atoms with Crippen molar-refractivity contribution in [3.63, 3.8) is 0 Å². The van der Waals surface area contributed by atoms with Crippen LogP contribution in [-0.4, -0.2) is 45.6 Å². The SMILES string of the molecule is COc1ccc(-c2ccc(CC(C#N)NC(=O)C3CCCCCNC3)c(F)c2)cc1N(C)C=O. The van der Waals surface area contributed by atoms with Crippen molar-refractivity contribution in [2.75, 3.05) is 32.1 Å². The number of amides is 2. The molecule has 2 N–H and O–H groups in total. The number of nitrogens with zero attached hydrogens (tertiary/aromatic N) is 2. The third kappa shape index (κ3) is 6.33. The van der Waals surface area contributed by atoms with E-state index in [1.165, 1.54) is 18.1 Å². The number of nitrogens with one attached hydrogen (secondary N) is 2. The molecule has 2 amide bonds. The molecule has 1 fully saturated rings. The molecule has 0 aliphatic carbocycles. The van der Waals surface area contributed by atoms with Gasteiger partial charge in [-0.15, -0.1) is 0 Å². The molecule has 1 aliphatic rings. The molecule has 2 unspecified atom stereocenters. The first-order chi connectivity index (χ1) is 16.5. The molecule has 3 rings (SSSR count). The number of carbonyl (C=O) groups is 2. The Morgan fingerprint density at radius 2 is 2.06 bits per heavy atom. The average Bonchev–Trinajstić information content (AvgIpc) is 2.83. The van der Waals surface area contributed by atoms with Gasteiger partial charge in [0.15, 0.2) is 0 Å². The Labute approximate surface area is 199 Å². The summed E-state index contributed by atoms with van der Waals surface area (Å²) in [6.07, 6.45) is 4.71. The van der Waals surface area contributed by atoms with Gasteiger partial charge in [0.05, 0.1) is 24.8 Å². The number of methoxy groups -OCH3 is 1. The fourth-order valence-electron chi connectivity index (χ4n) is 4.15. The summed E-state index contributed by atoms with van der Waals surface area (Å²) in [5.41, 5.74) is 2.26. The Kier molecular flexibility index (Phi) is 9.00. The summed E-state index contributed by atoms with van der Waals surface area (Å²) in [6, 6.07) is 11.3. The summed E-state index contributed by atoms with van der Waals surface area (Å²) < 4.78 is 20.3. The standard InChI is InChI=1S/C26H31FN4O3/c1-31(17-32)24-14-19(9-10-25(24)34-2)18-7-8-20(23(27)13-18)12-22(15-28)30-26(33)21-6-4-3-5-11-29-16-21/h7-10,13-14,17,21-22,29H,3-6,11-12,16H2,1-2H3,(H,30,33). The molecular formula is C26H31FN4O3. The number of hydrogen-bond acceptors (Lipinski definition) is 5. The predicted molar refractivity (Wildman–Crippen MR) is 129 cm³/mol. The van der Waals surface area contributed by atoms with E-state index in [-0.39, 0.29) is 18.2 Å². The molecular weight excluding hydrogens is 435 g/mol. The highest BCUT2D eigenvalue weighted by Crippen LogP contribution is 2.33. The topological polar surface area (TPSA) is 94.5 Å². The van der Waals surface area contributed by atoms with Crippen molar-refractivity contribution in [2.24, 2.45) is 5.92 Å². The van der Waals surface area contributed by atoms with E-state index < -0.39 is 11.9 Å². The summed E-state index contributed by atoms with van der Waals surface area (Å²) in [5, 5.41) is 15.6. The summed E-state index contributed by atoms with van der Waals surface area (Å²) >= 11 is 0. The van der Waals surface area contributed by atoms with Crippen LogP contribution in [0.2, 0.25) is 0 Å². The molecule has 0 radical (unpaired) electrons. The normalized spacial score (nSPS) is 16.9. The maximum Gasteiger partial charge on any atom is 0.225 e. The molecule has 34 heavy (non-hydrogen) atoms. The van der Waals surface area contributed by atoms with Gasteiger partial charge in [-0.1, -0.05) is 31.0 Å². The zero-order valence-electron chi connectivity index (χ0n) is 19.6. The molecule has 0 bridgehead atoms. The fraction of sp³-hybridized carbons (Fsp3) is 0.423. The van der Waals surface area contributed by atoms with Crippen LogP contribution in [0.4, 0.5) is 10.1 Å². The van der Waals surface area contributed by atoms with Crippen molar-refractivity contribution in [1.29, 1.82) is 5.26 Å². The summed E-state index contributed by atoms with van der Waals surface area (Å²) in [7, 11) is 3.13. The Bertz CT molecular complexity index is 1040. The van der Waals surface area contributed by atoms with Crippen LogP contribution in [0.5, 0.6) is 5.75 Å². The molecule has 180 valence electrons. The van der Waals surface area contributed by atoms with Crippen molar-refractivity contribution in [2.45, 2.75) is 38.1 Å². The largest absolute Gasteiger partial charge is 0.495 e. The van der Waals surface area contributed by atoms with E-state index in [1.807, 2.05) is 0 Å². The molecule has 1 aliphatic heterocycles. The van der Waals surface area contributed by atoms with Gasteiger partial charge in [0, 0.05) is 20.0 Å². The van der Waals surface area contributed by atoms with Crippen molar-refractivity contribution >= 4 is 18.0 Å². The highest BCUT2D eigenvalue weighted by Gasteiger charge is 2.23. The molecule has 8 heteroatoms. The lowest BCUT2D eigenvalue weighted by molar-refractivity contribution is -0.125. The van der Waals surface area contributed by atoms with E-state index in [1.54, 1.807) is 37.4 Å². The Hall–Kier alpha value is -3.44. The Balaban J connectivity index is 1.72. The Morgan fingerprint density at radius 1 is 1.29 bits per heavy atom. The van der Waals surface area contributed by atoms with Crippen LogP contribution in [-0.2, 0) is 16.0 Å². The quantitative estimate of drug-likeness (QED) is 0.582. The lowest BCUT2D eigenvalue weighted by Gasteiger charge is -2.22. The number of carbonyl (C=O) groups excluding carboxylic acids is 2.